The molecule has 8 heteroatoms. The Balaban J connectivity index is 2.37. The third-order valence-corrected chi connectivity index (χ3v) is 3.27. The fraction of sp³-hybridized carbons (Fsp3) is 0. The van der Waals surface area contributed by atoms with Crippen molar-refractivity contribution in [3.8, 4) is 11.6 Å². The molecule has 1 aromatic carbocycles. The standard InChI is InChI=1S/C11H5BrCl2N2O3/c12-6-3-10(16(17)18)11(15-5-6)19-7-1-2-8(13)9(14)4-7/h1-5H. The molecule has 5 nitrogen and oxygen atoms in total. The second-order valence-corrected chi connectivity index (χ2v) is 5.14. The summed E-state index contributed by atoms with van der Waals surface area (Å²) in [5.41, 5.74) is -0.250. The molecule has 0 spiro atoms. The molecule has 0 bridgehead atoms. The van der Waals surface area contributed by atoms with E-state index in [9.17, 15) is 10.1 Å². The number of hydrogen-bond acceptors (Lipinski definition) is 4. The fourth-order valence-electron chi connectivity index (χ4n) is 1.28. The van der Waals surface area contributed by atoms with Gasteiger partial charge in [-0.1, -0.05) is 23.2 Å². The number of benzene rings is 1. The van der Waals surface area contributed by atoms with Gasteiger partial charge in [0.05, 0.1) is 15.0 Å². The molecule has 2 rings (SSSR count). The molecule has 0 radical (unpaired) electrons. The van der Waals surface area contributed by atoms with Gasteiger partial charge in [0.1, 0.15) is 5.75 Å². The van der Waals surface area contributed by atoms with Crippen LogP contribution < -0.4 is 4.74 Å². The number of aromatic nitrogens is 1. The molecule has 0 saturated carbocycles. The fourth-order valence-corrected chi connectivity index (χ4v) is 1.88. The molecule has 0 atom stereocenters. The minimum absolute atomic E-state index is 0.119. The summed E-state index contributed by atoms with van der Waals surface area (Å²) in [6, 6.07) is 5.84. The van der Waals surface area contributed by atoms with Crippen LogP contribution in [0.5, 0.6) is 11.6 Å². The Kier molecular flexibility index (Phi) is 4.24. The Bertz CT molecular complexity index is 652. The zero-order chi connectivity index (χ0) is 14.0. The van der Waals surface area contributed by atoms with Gasteiger partial charge in [-0.15, -0.1) is 0 Å². The first-order valence-corrected chi connectivity index (χ1v) is 6.45. The van der Waals surface area contributed by atoms with Crippen LogP contribution >= 0.6 is 39.1 Å². The minimum Gasteiger partial charge on any atom is -0.434 e. The van der Waals surface area contributed by atoms with Crippen LogP contribution in [0.25, 0.3) is 0 Å². The highest BCUT2D eigenvalue weighted by Gasteiger charge is 2.18. The Labute approximate surface area is 126 Å². The molecule has 0 aliphatic carbocycles. The van der Waals surface area contributed by atoms with Gasteiger partial charge in [-0.3, -0.25) is 10.1 Å². The molecule has 0 N–H and O–H groups in total. The van der Waals surface area contributed by atoms with Gasteiger partial charge in [-0.2, -0.15) is 0 Å². The van der Waals surface area contributed by atoms with E-state index in [1.165, 1.54) is 24.4 Å². The number of nitrogens with zero attached hydrogens (tertiary/aromatic N) is 2. The Morgan fingerprint density at radius 2 is 2.00 bits per heavy atom. The molecule has 0 saturated heterocycles. The van der Waals surface area contributed by atoms with E-state index in [1.54, 1.807) is 6.07 Å². The first kappa shape index (κ1) is 14.0. The monoisotopic (exact) mass is 362 g/mol. The van der Waals surface area contributed by atoms with Crippen molar-refractivity contribution in [1.29, 1.82) is 0 Å². The Morgan fingerprint density at radius 3 is 2.63 bits per heavy atom. The van der Waals surface area contributed by atoms with Gasteiger partial charge >= 0.3 is 5.69 Å². The van der Waals surface area contributed by atoms with Crippen molar-refractivity contribution >= 4 is 44.8 Å². The second kappa shape index (κ2) is 5.73. The maximum atomic E-state index is 10.9. The van der Waals surface area contributed by atoms with E-state index >= 15 is 0 Å². The first-order valence-electron chi connectivity index (χ1n) is 4.90. The quantitative estimate of drug-likeness (QED) is 0.577. The smallest absolute Gasteiger partial charge is 0.332 e. The molecule has 1 aromatic heterocycles. The summed E-state index contributed by atoms with van der Waals surface area (Å²) in [6.07, 6.45) is 1.40. The SMILES string of the molecule is O=[N+]([O-])c1cc(Br)cnc1Oc1ccc(Cl)c(Cl)c1. The average molecular weight is 364 g/mol. The van der Waals surface area contributed by atoms with Crippen LogP contribution in [0.1, 0.15) is 0 Å². The molecule has 2 aromatic rings. The number of pyridine rings is 1. The van der Waals surface area contributed by atoms with Crippen molar-refractivity contribution in [2.24, 2.45) is 0 Å². The van der Waals surface area contributed by atoms with E-state index < -0.39 is 4.92 Å². The highest BCUT2D eigenvalue weighted by atomic mass is 79.9. The summed E-state index contributed by atoms with van der Waals surface area (Å²) in [5, 5.41) is 11.6. The summed E-state index contributed by atoms with van der Waals surface area (Å²) in [5.74, 6) is 0.193. The van der Waals surface area contributed by atoms with E-state index in [0.717, 1.165) is 0 Å². The minimum atomic E-state index is -0.579. The van der Waals surface area contributed by atoms with Crippen LogP contribution in [0.4, 0.5) is 5.69 Å². The van der Waals surface area contributed by atoms with Crippen LogP contribution in [0.3, 0.4) is 0 Å². The Hall–Kier alpha value is -1.37. The van der Waals surface area contributed by atoms with Gasteiger partial charge in [0.2, 0.25) is 0 Å². The van der Waals surface area contributed by atoms with Crippen molar-refractivity contribution in [2.75, 3.05) is 0 Å². The highest BCUT2D eigenvalue weighted by Crippen LogP contribution is 2.33. The summed E-state index contributed by atoms with van der Waals surface area (Å²) in [7, 11) is 0. The third kappa shape index (κ3) is 3.34. The summed E-state index contributed by atoms with van der Waals surface area (Å²) in [6.45, 7) is 0. The molecule has 0 unspecified atom stereocenters. The molecule has 0 aliphatic heterocycles. The van der Waals surface area contributed by atoms with E-state index in [4.69, 9.17) is 27.9 Å². The predicted molar refractivity (Wildman–Crippen MR) is 75.1 cm³/mol. The van der Waals surface area contributed by atoms with Gasteiger partial charge in [0.15, 0.2) is 0 Å². The lowest BCUT2D eigenvalue weighted by molar-refractivity contribution is -0.386. The number of ether oxygens (including phenoxy) is 1. The molecule has 0 amide bonds. The van der Waals surface area contributed by atoms with Crippen molar-refractivity contribution in [2.45, 2.75) is 0 Å². The summed E-state index contributed by atoms with van der Waals surface area (Å²) >= 11 is 14.7. The van der Waals surface area contributed by atoms with Crippen LogP contribution in [-0.2, 0) is 0 Å². The average Bonchev–Trinajstić information content (AvgIpc) is 2.36. The molecular formula is C11H5BrCl2N2O3. The number of hydrogen-bond donors (Lipinski definition) is 0. The number of rotatable bonds is 3. The first-order chi connectivity index (χ1) is 8.97. The predicted octanol–water partition coefficient (Wildman–Crippen LogP) is 4.85. The lowest BCUT2D eigenvalue weighted by Crippen LogP contribution is -1.96. The lowest BCUT2D eigenvalue weighted by Gasteiger charge is -2.06. The maximum absolute atomic E-state index is 10.9. The zero-order valence-corrected chi connectivity index (χ0v) is 12.2. The Morgan fingerprint density at radius 1 is 1.26 bits per heavy atom. The van der Waals surface area contributed by atoms with E-state index in [0.29, 0.717) is 20.3 Å². The van der Waals surface area contributed by atoms with Crippen molar-refractivity contribution < 1.29 is 9.66 Å². The van der Waals surface area contributed by atoms with Crippen LogP contribution in [0.15, 0.2) is 34.9 Å². The van der Waals surface area contributed by atoms with Crippen molar-refractivity contribution in [3.05, 3.63) is 55.1 Å². The maximum Gasteiger partial charge on any atom is 0.332 e. The van der Waals surface area contributed by atoms with Gasteiger partial charge in [-0.25, -0.2) is 4.98 Å². The molecule has 0 fully saturated rings. The molecule has 19 heavy (non-hydrogen) atoms. The van der Waals surface area contributed by atoms with Crippen LogP contribution in [0.2, 0.25) is 10.0 Å². The topological polar surface area (TPSA) is 65.3 Å². The molecule has 98 valence electrons. The summed E-state index contributed by atoms with van der Waals surface area (Å²) < 4.78 is 5.83. The second-order valence-electron chi connectivity index (χ2n) is 3.41. The van der Waals surface area contributed by atoms with E-state index in [-0.39, 0.29) is 11.6 Å². The third-order valence-electron chi connectivity index (χ3n) is 2.10. The number of halogens is 3. The number of nitro groups is 1. The zero-order valence-electron chi connectivity index (χ0n) is 9.14. The van der Waals surface area contributed by atoms with Gasteiger partial charge < -0.3 is 4.74 Å². The van der Waals surface area contributed by atoms with Crippen LogP contribution in [-0.4, -0.2) is 9.91 Å². The normalized spacial score (nSPS) is 10.3. The lowest BCUT2D eigenvalue weighted by atomic mass is 10.3. The van der Waals surface area contributed by atoms with E-state index in [2.05, 4.69) is 20.9 Å². The van der Waals surface area contributed by atoms with Crippen LogP contribution in [0, 0.1) is 10.1 Å². The summed E-state index contributed by atoms with van der Waals surface area (Å²) in [4.78, 5) is 14.2. The van der Waals surface area contributed by atoms with Crippen molar-refractivity contribution in [1.82, 2.24) is 4.98 Å². The highest BCUT2D eigenvalue weighted by molar-refractivity contribution is 9.10. The molecular weight excluding hydrogens is 359 g/mol. The van der Waals surface area contributed by atoms with Gasteiger partial charge in [0.25, 0.3) is 5.88 Å². The van der Waals surface area contributed by atoms with Gasteiger partial charge in [0, 0.05) is 22.8 Å². The largest absolute Gasteiger partial charge is 0.434 e. The van der Waals surface area contributed by atoms with E-state index in [1.807, 2.05) is 0 Å². The molecule has 1 heterocycles. The van der Waals surface area contributed by atoms with Gasteiger partial charge in [-0.05, 0) is 28.1 Å². The van der Waals surface area contributed by atoms with Crippen molar-refractivity contribution in [3.63, 3.8) is 0 Å². The molecule has 0 aliphatic rings.